The maximum absolute atomic E-state index is 13.4. The normalized spacial score (nSPS) is 11.5. The zero-order valence-electron chi connectivity index (χ0n) is 13.1. The molecule has 0 aliphatic rings. The minimum atomic E-state index is -0.448. The Labute approximate surface area is 136 Å². The Hall–Kier alpha value is -3.08. The van der Waals surface area contributed by atoms with Gasteiger partial charge in [-0.1, -0.05) is 0 Å². The van der Waals surface area contributed by atoms with Crippen molar-refractivity contribution >= 4 is 21.9 Å². The zero-order chi connectivity index (χ0) is 17.0. The molecule has 2 aromatic heterocycles. The first-order valence-electron chi connectivity index (χ1n) is 7.50. The lowest BCUT2D eigenvalue weighted by Gasteiger charge is -2.10. The monoisotopic (exact) mass is 323 g/mol. The second-order valence-corrected chi connectivity index (χ2v) is 5.94. The number of aromatic amines is 1. The zero-order valence-corrected chi connectivity index (χ0v) is 13.1. The Morgan fingerprint density at radius 2 is 1.92 bits per heavy atom. The summed E-state index contributed by atoms with van der Waals surface area (Å²) in [5.41, 5.74) is 3.22. The molecule has 2 heterocycles. The number of aromatic nitrogens is 1. The number of benzene rings is 2. The molecule has 4 aromatic rings. The molecule has 2 N–H and O–H groups in total. The van der Waals surface area contributed by atoms with Gasteiger partial charge in [-0.3, -0.25) is 0 Å². The molecule has 0 saturated heterocycles. The Morgan fingerprint density at radius 1 is 1.12 bits per heavy atom. The number of aryl methyl sites for hydroxylation is 2. The van der Waals surface area contributed by atoms with Crippen LogP contribution in [0.25, 0.3) is 33.1 Å². The van der Waals surface area contributed by atoms with Crippen molar-refractivity contribution in [2.75, 3.05) is 0 Å². The molecular formula is C19H14FNO3. The van der Waals surface area contributed by atoms with Gasteiger partial charge in [0.05, 0.1) is 5.69 Å². The SMILES string of the molecule is Cc1cc(=O)oc2c(C)c(O)c(-c3cc4cc(F)ccc4[nH]3)cc12. The van der Waals surface area contributed by atoms with E-state index < -0.39 is 5.63 Å². The van der Waals surface area contributed by atoms with Crippen molar-refractivity contribution in [3.63, 3.8) is 0 Å². The van der Waals surface area contributed by atoms with Crippen LogP contribution in [0.5, 0.6) is 5.75 Å². The van der Waals surface area contributed by atoms with E-state index in [9.17, 15) is 14.3 Å². The fourth-order valence-corrected chi connectivity index (χ4v) is 3.05. The summed E-state index contributed by atoms with van der Waals surface area (Å²) in [7, 11) is 0. The summed E-state index contributed by atoms with van der Waals surface area (Å²) in [5, 5.41) is 12.0. The van der Waals surface area contributed by atoms with Crippen LogP contribution >= 0.6 is 0 Å². The second kappa shape index (κ2) is 4.96. The minimum Gasteiger partial charge on any atom is -0.507 e. The highest BCUT2D eigenvalue weighted by Gasteiger charge is 2.16. The van der Waals surface area contributed by atoms with Gasteiger partial charge in [0, 0.05) is 33.5 Å². The number of phenols is 1. The molecule has 0 unspecified atom stereocenters. The van der Waals surface area contributed by atoms with Crippen molar-refractivity contribution < 1.29 is 13.9 Å². The largest absolute Gasteiger partial charge is 0.507 e. The third-order valence-electron chi connectivity index (χ3n) is 4.32. The third kappa shape index (κ3) is 2.09. The molecule has 24 heavy (non-hydrogen) atoms. The van der Waals surface area contributed by atoms with Crippen molar-refractivity contribution in [2.45, 2.75) is 13.8 Å². The van der Waals surface area contributed by atoms with Crippen molar-refractivity contribution in [1.82, 2.24) is 4.98 Å². The van der Waals surface area contributed by atoms with Crippen molar-refractivity contribution in [1.29, 1.82) is 0 Å². The molecule has 0 atom stereocenters. The van der Waals surface area contributed by atoms with Gasteiger partial charge in [0.2, 0.25) is 0 Å². The van der Waals surface area contributed by atoms with Gasteiger partial charge in [-0.15, -0.1) is 0 Å². The lowest BCUT2D eigenvalue weighted by Crippen LogP contribution is -1.99. The van der Waals surface area contributed by atoms with Crippen LogP contribution in [0, 0.1) is 19.7 Å². The van der Waals surface area contributed by atoms with Gasteiger partial charge in [-0.05, 0) is 49.7 Å². The van der Waals surface area contributed by atoms with E-state index in [0.717, 1.165) is 21.9 Å². The van der Waals surface area contributed by atoms with E-state index in [1.807, 2.05) is 6.92 Å². The van der Waals surface area contributed by atoms with Crippen LogP contribution in [0.2, 0.25) is 0 Å². The van der Waals surface area contributed by atoms with Gasteiger partial charge >= 0.3 is 5.63 Å². The molecule has 0 aliphatic heterocycles. The van der Waals surface area contributed by atoms with E-state index in [1.165, 1.54) is 18.2 Å². The predicted octanol–water partition coefficient (Wildman–Crippen LogP) is 4.40. The third-order valence-corrected chi connectivity index (χ3v) is 4.32. The van der Waals surface area contributed by atoms with Crippen LogP contribution in [0.15, 0.2) is 45.6 Å². The highest BCUT2D eigenvalue weighted by atomic mass is 19.1. The summed E-state index contributed by atoms with van der Waals surface area (Å²) >= 11 is 0. The number of hydrogen-bond acceptors (Lipinski definition) is 3. The number of phenolic OH excluding ortho intramolecular Hbond substituents is 1. The van der Waals surface area contributed by atoms with E-state index in [4.69, 9.17) is 4.42 Å². The Bertz CT molecular complexity index is 1170. The quantitative estimate of drug-likeness (QED) is 0.510. The summed E-state index contributed by atoms with van der Waals surface area (Å²) in [6.07, 6.45) is 0. The molecule has 0 bridgehead atoms. The average Bonchev–Trinajstić information content (AvgIpc) is 2.94. The standard InChI is InChI=1S/C19H14FNO3/c1-9-5-17(22)24-19-10(2)18(23)14(8-13(9)19)16-7-11-6-12(20)3-4-15(11)21-16/h3-8,21,23H,1-2H3. The summed E-state index contributed by atoms with van der Waals surface area (Å²) in [4.78, 5) is 14.8. The summed E-state index contributed by atoms with van der Waals surface area (Å²) < 4.78 is 18.6. The lowest BCUT2D eigenvalue weighted by molar-refractivity contribution is 0.470. The van der Waals surface area contributed by atoms with Gasteiger partial charge in [0.1, 0.15) is 17.1 Å². The van der Waals surface area contributed by atoms with Crippen LogP contribution in [0.3, 0.4) is 0 Å². The molecule has 0 saturated carbocycles. The summed E-state index contributed by atoms with van der Waals surface area (Å²) in [6.45, 7) is 3.52. The fourth-order valence-electron chi connectivity index (χ4n) is 3.05. The maximum Gasteiger partial charge on any atom is 0.336 e. The number of nitrogens with one attached hydrogen (secondary N) is 1. The maximum atomic E-state index is 13.4. The number of fused-ring (bicyclic) bond motifs is 2. The fraction of sp³-hybridized carbons (Fsp3) is 0.105. The van der Waals surface area contributed by atoms with Gasteiger partial charge in [0.15, 0.2) is 0 Å². The van der Waals surface area contributed by atoms with Crippen molar-refractivity contribution in [3.8, 4) is 17.0 Å². The van der Waals surface area contributed by atoms with E-state index in [-0.39, 0.29) is 11.6 Å². The van der Waals surface area contributed by atoms with E-state index in [2.05, 4.69) is 4.98 Å². The number of H-pyrrole nitrogens is 1. The Balaban J connectivity index is 2.05. The van der Waals surface area contributed by atoms with Gasteiger partial charge in [0.25, 0.3) is 0 Å². The average molecular weight is 323 g/mol. The van der Waals surface area contributed by atoms with E-state index >= 15 is 0 Å². The van der Waals surface area contributed by atoms with Crippen LogP contribution < -0.4 is 5.63 Å². The molecular weight excluding hydrogens is 309 g/mol. The molecule has 0 amide bonds. The topological polar surface area (TPSA) is 66.2 Å². The molecule has 4 rings (SSSR count). The van der Waals surface area contributed by atoms with Crippen LogP contribution in [0.4, 0.5) is 4.39 Å². The van der Waals surface area contributed by atoms with E-state index in [1.54, 1.807) is 25.1 Å². The van der Waals surface area contributed by atoms with Crippen molar-refractivity contribution in [3.05, 3.63) is 63.8 Å². The van der Waals surface area contributed by atoms with Crippen LogP contribution in [0.1, 0.15) is 11.1 Å². The second-order valence-electron chi connectivity index (χ2n) is 5.94. The Kier molecular flexibility index (Phi) is 3.00. The molecule has 2 aromatic carbocycles. The molecule has 0 aliphatic carbocycles. The summed E-state index contributed by atoms with van der Waals surface area (Å²) in [5.74, 6) is -0.284. The Morgan fingerprint density at radius 3 is 2.71 bits per heavy atom. The van der Waals surface area contributed by atoms with Crippen molar-refractivity contribution in [2.24, 2.45) is 0 Å². The molecule has 5 heteroatoms. The summed E-state index contributed by atoms with van der Waals surface area (Å²) in [6, 6.07) is 9.45. The molecule has 0 spiro atoms. The molecule has 0 radical (unpaired) electrons. The first-order valence-corrected chi connectivity index (χ1v) is 7.50. The first-order chi connectivity index (χ1) is 11.4. The lowest BCUT2D eigenvalue weighted by atomic mass is 10.0. The van der Waals surface area contributed by atoms with Crippen LogP contribution in [-0.2, 0) is 0 Å². The molecule has 0 fully saturated rings. The van der Waals surface area contributed by atoms with Gasteiger partial charge in [-0.2, -0.15) is 0 Å². The molecule has 4 nitrogen and oxygen atoms in total. The highest BCUT2D eigenvalue weighted by Crippen LogP contribution is 2.38. The number of aromatic hydroxyl groups is 1. The van der Waals surface area contributed by atoms with Gasteiger partial charge < -0.3 is 14.5 Å². The van der Waals surface area contributed by atoms with Crippen LogP contribution in [-0.4, -0.2) is 10.1 Å². The molecule has 120 valence electrons. The minimum absolute atomic E-state index is 0.0308. The predicted molar refractivity (Wildman–Crippen MR) is 90.9 cm³/mol. The van der Waals surface area contributed by atoms with E-state index in [0.29, 0.717) is 22.4 Å². The first kappa shape index (κ1) is 14.5. The number of hydrogen-bond donors (Lipinski definition) is 2. The number of halogens is 1. The number of rotatable bonds is 1. The smallest absolute Gasteiger partial charge is 0.336 e. The highest BCUT2D eigenvalue weighted by molar-refractivity contribution is 5.94. The van der Waals surface area contributed by atoms with Gasteiger partial charge in [-0.25, -0.2) is 9.18 Å².